The molecule has 136 valence electrons. The van der Waals surface area contributed by atoms with Crippen LogP contribution in [0.2, 0.25) is 5.02 Å². The molecular weight excluding hydrogens is 437 g/mol. The fourth-order valence-corrected chi connectivity index (χ4v) is 3.06. The molecule has 2 aromatic heterocycles. The molecule has 0 spiro atoms. The summed E-state index contributed by atoms with van der Waals surface area (Å²) in [4.78, 5) is 16.6. The second-order valence-electron chi connectivity index (χ2n) is 5.59. The number of anilines is 1. The Hall–Kier alpha value is -2.13. The van der Waals surface area contributed by atoms with Gasteiger partial charge < -0.3 is 5.32 Å². The third-order valence-electron chi connectivity index (χ3n) is 3.61. The molecule has 3 rings (SSSR count). The van der Waals surface area contributed by atoms with Gasteiger partial charge in [0.25, 0.3) is 5.91 Å². The van der Waals surface area contributed by atoms with Crippen LogP contribution in [0.25, 0.3) is 5.65 Å². The first-order valence-corrected chi connectivity index (χ1v) is 8.45. The number of rotatable bonds is 2. The van der Waals surface area contributed by atoms with Gasteiger partial charge in [0.05, 0.1) is 4.47 Å². The maximum Gasteiger partial charge on any atom is 0.433 e. The van der Waals surface area contributed by atoms with Crippen LogP contribution in [-0.4, -0.2) is 20.5 Å². The van der Waals surface area contributed by atoms with Gasteiger partial charge in [-0.1, -0.05) is 17.7 Å². The molecular formula is C16H11BrClF3N4O. The Bertz CT molecular complexity index is 1030. The molecule has 10 heteroatoms. The predicted molar refractivity (Wildman–Crippen MR) is 94.6 cm³/mol. The molecule has 26 heavy (non-hydrogen) atoms. The third kappa shape index (κ3) is 3.41. The number of fused-ring (bicyclic) bond motifs is 1. The number of benzene rings is 1. The van der Waals surface area contributed by atoms with E-state index in [1.807, 2.05) is 0 Å². The molecule has 3 aromatic rings. The maximum absolute atomic E-state index is 13.3. The Morgan fingerprint density at radius 2 is 1.96 bits per heavy atom. The highest BCUT2D eigenvalue weighted by Gasteiger charge is 2.36. The van der Waals surface area contributed by atoms with E-state index in [0.717, 1.165) is 11.6 Å². The SMILES string of the molecule is Cc1cc(C(F)(F)F)n2nc(C(=O)Nc3cc(Cl)ccc3C)c(Br)c2n1. The number of carbonyl (C=O) groups excluding carboxylic acids is 1. The van der Waals surface area contributed by atoms with Crippen molar-refractivity contribution in [2.24, 2.45) is 0 Å². The normalized spacial score (nSPS) is 11.8. The molecule has 0 fully saturated rings. The van der Waals surface area contributed by atoms with Gasteiger partial charge >= 0.3 is 6.18 Å². The van der Waals surface area contributed by atoms with Crippen LogP contribution in [0.3, 0.4) is 0 Å². The average Bonchev–Trinajstić information content (AvgIpc) is 2.86. The quantitative estimate of drug-likeness (QED) is 0.599. The molecule has 0 aliphatic rings. The molecule has 0 aliphatic carbocycles. The van der Waals surface area contributed by atoms with Gasteiger partial charge in [-0.3, -0.25) is 4.79 Å². The topological polar surface area (TPSA) is 59.3 Å². The van der Waals surface area contributed by atoms with Crippen LogP contribution in [0.4, 0.5) is 18.9 Å². The number of carbonyl (C=O) groups is 1. The molecule has 0 aliphatic heterocycles. The number of amides is 1. The summed E-state index contributed by atoms with van der Waals surface area (Å²) in [5.74, 6) is -0.682. The van der Waals surface area contributed by atoms with E-state index in [1.165, 1.54) is 6.92 Å². The fraction of sp³-hybridized carbons (Fsp3) is 0.188. The van der Waals surface area contributed by atoms with Crippen molar-refractivity contribution in [2.75, 3.05) is 5.32 Å². The first kappa shape index (κ1) is 18.7. The standard InChI is InChI=1S/C16H11BrClF3N4O/c1-7-3-4-9(18)6-10(7)23-15(26)13-12(17)14-22-8(2)5-11(16(19,20)21)25(14)24-13/h3-6H,1-2H3,(H,23,26). The van der Waals surface area contributed by atoms with Crippen LogP contribution >= 0.6 is 27.5 Å². The third-order valence-corrected chi connectivity index (χ3v) is 4.58. The van der Waals surface area contributed by atoms with E-state index < -0.39 is 17.8 Å². The van der Waals surface area contributed by atoms with Crippen molar-refractivity contribution in [2.45, 2.75) is 20.0 Å². The molecule has 0 saturated carbocycles. The second-order valence-corrected chi connectivity index (χ2v) is 6.82. The number of hydrogen-bond acceptors (Lipinski definition) is 3. The largest absolute Gasteiger partial charge is 0.433 e. The number of hydrogen-bond donors (Lipinski definition) is 1. The van der Waals surface area contributed by atoms with Crippen molar-refractivity contribution in [1.29, 1.82) is 0 Å². The van der Waals surface area contributed by atoms with E-state index in [9.17, 15) is 18.0 Å². The van der Waals surface area contributed by atoms with Gasteiger partial charge in [-0.25, -0.2) is 9.50 Å². The summed E-state index contributed by atoms with van der Waals surface area (Å²) < 4.78 is 40.5. The monoisotopic (exact) mass is 446 g/mol. The van der Waals surface area contributed by atoms with Gasteiger partial charge in [-0.15, -0.1) is 0 Å². The number of aromatic nitrogens is 3. The number of nitrogens with one attached hydrogen (secondary N) is 1. The fourth-order valence-electron chi connectivity index (χ4n) is 2.37. The molecule has 0 radical (unpaired) electrons. The lowest BCUT2D eigenvalue weighted by molar-refractivity contribution is -0.142. The number of halogens is 5. The summed E-state index contributed by atoms with van der Waals surface area (Å²) in [6, 6.07) is 5.79. The van der Waals surface area contributed by atoms with Crippen molar-refractivity contribution in [3.8, 4) is 0 Å². The van der Waals surface area contributed by atoms with Crippen LogP contribution in [0.1, 0.15) is 27.4 Å². The van der Waals surface area contributed by atoms with Crippen molar-refractivity contribution in [1.82, 2.24) is 14.6 Å². The van der Waals surface area contributed by atoms with Gasteiger partial charge in [-0.2, -0.15) is 18.3 Å². The van der Waals surface area contributed by atoms with E-state index >= 15 is 0 Å². The zero-order chi connectivity index (χ0) is 19.2. The highest BCUT2D eigenvalue weighted by Crippen LogP contribution is 2.32. The lowest BCUT2D eigenvalue weighted by atomic mass is 10.2. The summed E-state index contributed by atoms with van der Waals surface area (Å²) in [6.07, 6.45) is -4.64. The lowest BCUT2D eigenvalue weighted by Gasteiger charge is -2.09. The molecule has 5 nitrogen and oxygen atoms in total. The van der Waals surface area contributed by atoms with Crippen LogP contribution in [0.15, 0.2) is 28.7 Å². The molecule has 1 amide bonds. The predicted octanol–water partition coefficient (Wildman–Crippen LogP) is 5.03. The van der Waals surface area contributed by atoms with Crippen LogP contribution in [-0.2, 0) is 6.18 Å². The van der Waals surface area contributed by atoms with Crippen LogP contribution < -0.4 is 5.32 Å². The first-order valence-electron chi connectivity index (χ1n) is 7.28. The summed E-state index contributed by atoms with van der Waals surface area (Å²) in [5.41, 5.74) is 0.0132. The van der Waals surface area contributed by atoms with Gasteiger partial charge in [0.1, 0.15) is 5.69 Å². The zero-order valence-corrected chi connectivity index (χ0v) is 15.8. The molecule has 0 bridgehead atoms. The van der Waals surface area contributed by atoms with Gasteiger partial charge in [0.2, 0.25) is 0 Å². The van der Waals surface area contributed by atoms with Crippen molar-refractivity contribution >= 4 is 44.8 Å². The lowest BCUT2D eigenvalue weighted by Crippen LogP contribution is -2.16. The number of aryl methyl sites for hydroxylation is 2. The Balaban J connectivity index is 2.09. The van der Waals surface area contributed by atoms with Gasteiger partial charge in [0, 0.05) is 16.4 Å². The number of alkyl halides is 3. The molecule has 0 saturated heterocycles. The Kier molecular flexibility index (Phi) is 4.70. The minimum atomic E-state index is -4.64. The molecule has 1 aromatic carbocycles. The summed E-state index contributed by atoms with van der Waals surface area (Å²) >= 11 is 9.05. The molecule has 0 unspecified atom stereocenters. The average molecular weight is 448 g/mol. The van der Waals surface area contributed by atoms with E-state index in [2.05, 4.69) is 31.3 Å². The van der Waals surface area contributed by atoms with Crippen molar-refractivity contribution in [3.63, 3.8) is 0 Å². The number of nitrogens with zero attached hydrogens (tertiary/aromatic N) is 3. The van der Waals surface area contributed by atoms with E-state index in [-0.39, 0.29) is 21.5 Å². The minimum absolute atomic E-state index is 0.0730. The highest BCUT2D eigenvalue weighted by atomic mass is 79.9. The van der Waals surface area contributed by atoms with E-state index in [1.54, 1.807) is 25.1 Å². The maximum atomic E-state index is 13.3. The zero-order valence-electron chi connectivity index (χ0n) is 13.4. The van der Waals surface area contributed by atoms with E-state index in [0.29, 0.717) is 15.2 Å². The summed E-state index contributed by atoms with van der Waals surface area (Å²) in [7, 11) is 0. The van der Waals surface area contributed by atoms with Gasteiger partial charge in [-0.05, 0) is 53.5 Å². The van der Waals surface area contributed by atoms with Crippen molar-refractivity contribution in [3.05, 3.63) is 56.4 Å². The Labute approximate surface area is 159 Å². The summed E-state index contributed by atoms with van der Waals surface area (Å²) in [5, 5.41) is 6.83. The van der Waals surface area contributed by atoms with Crippen molar-refractivity contribution < 1.29 is 18.0 Å². The molecule has 1 N–H and O–H groups in total. The first-order chi connectivity index (χ1) is 12.1. The van der Waals surface area contributed by atoms with E-state index in [4.69, 9.17) is 11.6 Å². The highest BCUT2D eigenvalue weighted by molar-refractivity contribution is 9.10. The minimum Gasteiger partial charge on any atom is -0.320 e. The smallest absolute Gasteiger partial charge is 0.320 e. The van der Waals surface area contributed by atoms with Gasteiger partial charge in [0.15, 0.2) is 11.3 Å². The molecule has 0 atom stereocenters. The van der Waals surface area contributed by atoms with Crippen LogP contribution in [0.5, 0.6) is 0 Å². The molecule has 2 heterocycles. The Morgan fingerprint density at radius 1 is 1.27 bits per heavy atom. The summed E-state index contributed by atoms with van der Waals surface area (Å²) in [6.45, 7) is 3.20. The Morgan fingerprint density at radius 3 is 2.62 bits per heavy atom. The second kappa shape index (κ2) is 6.55. The van der Waals surface area contributed by atoms with Crippen LogP contribution in [0, 0.1) is 13.8 Å².